The molecule has 3 heterocycles. The second-order valence-electron chi connectivity index (χ2n) is 8.25. The number of rotatable bonds is 5. The van der Waals surface area contributed by atoms with Crippen molar-refractivity contribution in [1.82, 2.24) is 9.80 Å². The van der Waals surface area contributed by atoms with Crippen molar-refractivity contribution >= 4 is 39.5 Å². The summed E-state index contributed by atoms with van der Waals surface area (Å²) in [6.07, 6.45) is 2.40. The SMILES string of the molecule is COc1csc2c1C(N1CCN(CCC3(C(=O)O)CC3)CC1)=Nc1ccccc1N2. The maximum atomic E-state index is 11.4. The summed E-state index contributed by atoms with van der Waals surface area (Å²) >= 11 is 1.63. The lowest BCUT2D eigenvalue weighted by atomic mass is 10.0. The third kappa shape index (κ3) is 3.44. The first kappa shape index (κ1) is 19.4. The number of carbonyl (C=O) groups is 1. The zero-order valence-electron chi connectivity index (χ0n) is 17.1. The number of aliphatic imine (C=N–C) groups is 1. The quantitative estimate of drug-likeness (QED) is 0.758. The average molecular weight is 427 g/mol. The van der Waals surface area contributed by atoms with Gasteiger partial charge in [0.05, 0.1) is 29.5 Å². The van der Waals surface area contributed by atoms with E-state index in [0.29, 0.717) is 0 Å². The number of hydrogen-bond acceptors (Lipinski definition) is 7. The molecule has 0 radical (unpaired) electrons. The van der Waals surface area contributed by atoms with Crippen molar-refractivity contribution in [3.63, 3.8) is 0 Å². The zero-order valence-corrected chi connectivity index (χ0v) is 17.9. The molecule has 1 saturated heterocycles. The predicted molar refractivity (Wildman–Crippen MR) is 119 cm³/mol. The van der Waals surface area contributed by atoms with Crippen molar-refractivity contribution < 1.29 is 14.6 Å². The van der Waals surface area contributed by atoms with Gasteiger partial charge in [-0.2, -0.15) is 0 Å². The molecule has 0 spiro atoms. The Bertz CT molecular complexity index is 990. The van der Waals surface area contributed by atoms with Crippen molar-refractivity contribution in [3.8, 4) is 5.75 Å². The molecule has 5 rings (SSSR count). The highest BCUT2D eigenvalue weighted by Gasteiger charge is 2.49. The van der Waals surface area contributed by atoms with Crippen molar-refractivity contribution in [2.75, 3.05) is 45.2 Å². The molecule has 7 nitrogen and oxygen atoms in total. The molecule has 0 unspecified atom stereocenters. The molecule has 1 aromatic carbocycles. The third-order valence-electron chi connectivity index (χ3n) is 6.47. The summed E-state index contributed by atoms with van der Waals surface area (Å²) in [6, 6.07) is 8.10. The number of para-hydroxylation sites is 2. The molecule has 158 valence electrons. The smallest absolute Gasteiger partial charge is 0.309 e. The maximum absolute atomic E-state index is 11.4. The van der Waals surface area contributed by atoms with E-state index in [2.05, 4.69) is 15.1 Å². The molecule has 0 atom stereocenters. The summed E-state index contributed by atoms with van der Waals surface area (Å²) in [7, 11) is 1.70. The number of nitrogens with one attached hydrogen (secondary N) is 1. The van der Waals surface area contributed by atoms with Crippen LogP contribution in [0.3, 0.4) is 0 Å². The van der Waals surface area contributed by atoms with E-state index in [1.807, 2.05) is 29.6 Å². The van der Waals surface area contributed by atoms with Gasteiger partial charge in [0.2, 0.25) is 0 Å². The highest BCUT2D eigenvalue weighted by atomic mass is 32.1. The van der Waals surface area contributed by atoms with Gasteiger partial charge in [0.25, 0.3) is 0 Å². The van der Waals surface area contributed by atoms with Crippen LogP contribution in [0.5, 0.6) is 5.75 Å². The number of methoxy groups -OCH3 is 1. The summed E-state index contributed by atoms with van der Waals surface area (Å²) in [5, 5.41) is 16.0. The fraction of sp³-hybridized carbons (Fsp3) is 0.455. The Balaban J connectivity index is 1.34. The number of amidine groups is 1. The van der Waals surface area contributed by atoms with Crippen LogP contribution in [-0.2, 0) is 4.79 Å². The number of carboxylic acid groups (broad SMARTS) is 1. The molecule has 2 aromatic rings. The summed E-state index contributed by atoms with van der Waals surface area (Å²) in [5.41, 5.74) is 2.50. The number of ether oxygens (including phenoxy) is 1. The van der Waals surface area contributed by atoms with E-state index >= 15 is 0 Å². The van der Waals surface area contributed by atoms with Gasteiger partial charge >= 0.3 is 5.97 Å². The summed E-state index contributed by atoms with van der Waals surface area (Å²) in [6.45, 7) is 4.39. The molecule has 3 aliphatic rings. The van der Waals surface area contributed by atoms with Crippen LogP contribution in [0.15, 0.2) is 34.6 Å². The monoisotopic (exact) mass is 426 g/mol. The fourth-order valence-electron chi connectivity index (χ4n) is 4.27. The summed E-state index contributed by atoms with van der Waals surface area (Å²) < 4.78 is 5.65. The van der Waals surface area contributed by atoms with Gasteiger partial charge in [0, 0.05) is 31.6 Å². The minimum atomic E-state index is -0.628. The number of nitrogens with zero attached hydrogens (tertiary/aromatic N) is 3. The number of carboxylic acids is 1. The Morgan fingerprint density at radius 2 is 2.03 bits per heavy atom. The highest BCUT2D eigenvalue weighted by molar-refractivity contribution is 7.15. The van der Waals surface area contributed by atoms with E-state index in [1.54, 1.807) is 18.4 Å². The molecular weight excluding hydrogens is 400 g/mol. The molecule has 2 aliphatic heterocycles. The standard InChI is InChI=1S/C22H26N4O3S/c1-29-17-14-30-20-18(17)19(23-15-4-2-3-5-16(15)24-20)26-12-10-25(11-13-26)9-8-22(6-7-22)21(27)28/h2-5,14,24H,6-13H2,1H3,(H,27,28). The number of thiophene rings is 1. The lowest BCUT2D eigenvalue weighted by Crippen LogP contribution is -2.49. The second kappa shape index (κ2) is 7.59. The Hall–Kier alpha value is -2.58. The Morgan fingerprint density at radius 3 is 2.73 bits per heavy atom. The van der Waals surface area contributed by atoms with Crippen LogP contribution in [0.2, 0.25) is 0 Å². The number of anilines is 2. The van der Waals surface area contributed by atoms with Gasteiger partial charge in [-0.3, -0.25) is 9.69 Å². The third-order valence-corrected chi connectivity index (χ3v) is 7.34. The van der Waals surface area contributed by atoms with Crippen LogP contribution in [0.1, 0.15) is 24.8 Å². The first-order valence-corrected chi connectivity index (χ1v) is 11.3. The van der Waals surface area contributed by atoms with Crippen molar-refractivity contribution in [2.24, 2.45) is 10.4 Å². The van der Waals surface area contributed by atoms with E-state index in [1.165, 1.54) is 0 Å². The molecule has 2 N–H and O–H groups in total. The minimum Gasteiger partial charge on any atom is -0.495 e. The largest absolute Gasteiger partial charge is 0.495 e. The Morgan fingerprint density at radius 1 is 1.27 bits per heavy atom. The lowest BCUT2D eigenvalue weighted by Gasteiger charge is -2.37. The number of aliphatic carboxylic acids is 1. The van der Waals surface area contributed by atoms with Crippen LogP contribution >= 0.6 is 11.3 Å². The number of hydrogen-bond donors (Lipinski definition) is 2. The Kier molecular flexibility index (Phi) is 4.91. The van der Waals surface area contributed by atoms with E-state index in [9.17, 15) is 9.90 Å². The maximum Gasteiger partial charge on any atom is 0.309 e. The van der Waals surface area contributed by atoms with Gasteiger partial charge in [-0.25, -0.2) is 4.99 Å². The van der Waals surface area contributed by atoms with Crippen molar-refractivity contribution in [1.29, 1.82) is 0 Å². The van der Waals surface area contributed by atoms with Crippen LogP contribution in [-0.4, -0.2) is 66.5 Å². The van der Waals surface area contributed by atoms with E-state index in [-0.39, 0.29) is 0 Å². The molecular formula is C22H26N4O3S. The van der Waals surface area contributed by atoms with Gasteiger partial charge in [-0.15, -0.1) is 11.3 Å². The van der Waals surface area contributed by atoms with Crippen LogP contribution in [0, 0.1) is 5.41 Å². The van der Waals surface area contributed by atoms with Crippen molar-refractivity contribution in [2.45, 2.75) is 19.3 Å². The highest BCUT2D eigenvalue weighted by Crippen LogP contribution is 2.49. The molecule has 1 saturated carbocycles. The zero-order chi connectivity index (χ0) is 20.7. The normalized spacial score (nSPS) is 19.8. The molecule has 1 aliphatic carbocycles. The topological polar surface area (TPSA) is 77.4 Å². The molecule has 30 heavy (non-hydrogen) atoms. The molecule has 0 bridgehead atoms. The van der Waals surface area contributed by atoms with Crippen LogP contribution in [0.25, 0.3) is 0 Å². The molecule has 8 heteroatoms. The Labute approximate surface area is 180 Å². The number of fused-ring (bicyclic) bond motifs is 2. The molecule has 0 amide bonds. The van der Waals surface area contributed by atoms with Crippen LogP contribution in [0.4, 0.5) is 16.4 Å². The van der Waals surface area contributed by atoms with Gasteiger partial charge in [-0.05, 0) is 37.9 Å². The van der Waals surface area contributed by atoms with E-state index < -0.39 is 11.4 Å². The molecule has 2 fully saturated rings. The average Bonchev–Trinajstić information content (AvgIpc) is 3.50. The van der Waals surface area contributed by atoms with Crippen LogP contribution < -0.4 is 10.1 Å². The van der Waals surface area contributed by atoms with Gasteiger partial charge < -0.3 is 20.1 Å². The lowest BCUT2D eigenvalue weighted by molar-refractivity contribution is -0.143. The number of piperazine rings is 1. The second-order valence-corrected chi connectivity index (χ2v) is 9.13. The molecule has 1 aromatic heterocycles. The summed E-state index contributed by atoms with van der Waals surface area (Å²) in [5.74, 6) is 1.16. The van der Waals surface area contributed by atoms with Gasteiger partial charge in [0.15, 0.2) is 0 Å². The fourth-order valence-corrected chi connectivity index (χ4v) is 5.19. The first-order valence-electron chi connectivity index (χ1n) is 10.4. The predicted octanol–water partition coefficient (Wildman–Crippen LogP) is 3.76. The minimum absolute atomic E-state index is 0.448. The van der Waals surface area contributed by atoms with Gasteiger partial charge in [-0.1, -0.05) is 12.1 Å². The van der Waals surface area contributed by atoms with E-state index in [4.69, 9.17) is 9.73 Å². The number of benzene rings is 1. The summed E-state index contributed by atoms with van der Waals surface area (Å²) in [4.78, 5) is 21.2. The first-order chi connectivity index (χ1) is 14.6. The van der Waals surface area contributed by atoms with Crippen molar-refractivity contribution in [3.05, 3.63) is 35.2 Å². The van der Waals surface area contributed by atoms with E-state index in [0.717, 1.165) is 85.5 Å². The van der Waals surface area contributed by atoms with Gasteiger partial charge in [0.1, 0.15) is 16.6 Å².